The number of rotatable bonds is 6. The molecule has 0 bridgehead atoms. The summed E-state index contributed by atoms with van der Waals surface area (Å²) in [5.74, 6) is 0.974. The number of imidazole rings is 1. The van der Waals surface area contributed by atoms with Crippen molar-refractivity contribution in [2.75, 3.05) is 11.5 Å². The molecule has 0 saturated carbocycles. The maximum absolute atomic E-state index is 10.1. The number of thioether (sulfide) groups is 1. The normalized spacial score (nSPS) is 10.8. The van der Waals surface area contributed by atoms with Crippen molar-refractivity contribution in [2.24, 2.45) is 0 Å². The van der Waals surface area contributed by atoms with Crippen LogP contribution in [-0.2, 0) is 6.54 Å². The van der Waals surface area contributed by atoms with Crippen LogP contribution in [0.3, 0.4) is 0 Å². The van der Waals surface area contributed by atoms with Crippen molar-refractivity contribution in [3.05, 3.63) is 35.9 Å². The zero-order valence-corrected chi connectivity index (χ0v) is 13.7. The maximum Gasteiger partial charge on any atom is 0.296 e. The van der Waals surface area contributed by atoms with Gasteiger partial charge in [0.25, 0.3) is 6.01 Å². The Balaban J connectivity index is 1.92. The van der Waals surface area contributed by atoms with E-state index in [-0.39, 0.29) is 11.8 Å². The molecule has 122 valence electrons. The second-order valence-electron chi connectivity index (χ2n) is 5.16. The molecule has 0 saturated heterocycles. The molecule has 8 heteroatoms. The molecule has 0 aliphatic carbocycles. The predicted molar refractivity (Wildman–Crippen MR) is 92.5 cm³/mol. The Bertz CT molecular complexity index is 887. The van der Waals surface area contributed by atoms with E-state index < -0.39 is 0 Å². The zero-order valence-electron chi connectivity index (χ0n) is 12.9. The molecular weight excluding hydrogens is 324 g/mol. The summed E-state index contributed by atoms with van der Waals surface area (Å²) in [6.45, 7) is 0.443. The third kappa shape index (κ3) is 3.41. The lowest BCUT2D eigenvalue weighted by Crippen LogP contribution is -2.03. The summed E-state index contributed by atoms with van der Waals surface area (Å²) in [4.78, 5) is 12.8. The lowest BCUT2D eigenvalue weighted by molar-refractivity contribution is 0.408. The van der Waals surface area contributed by atoms with Crippen molar-refractivity contribution in [3.8, 4) is 12.1 Å². The molecule has 0 atom stereocenters. The van der Waals surface area contributed by atoms with E-state index in [1.165, 1.54) is 11.8 Å². The van der Waals surface area contributed by atoms with Gasteiger partial charge in [0.2, 0.25) is 0 Å². The van der Waals surface area contributed by atoms with E-state index in [0.717, 1.165) is 17.7 Å². The van der Waals surface area contributed by atoms with Crippen LogP contribution in [0.5, 0.6) is 6.01 Å². The largest absolute Gasteiger partial charge is 0.480 e. The van der Waals surface area contributed by atoms with Gasteiger partial charge in [0.05, 0.1) is 12.6 Å². The maximum atomic E-state index is 10.1. The Morgan fingerprint density at radius 3 is 2.75 bits per heavy atom. The van der Waals surface area contributed by atoms with E-state index in [1.807, 2.05) is 30.3 Å². The van der Waals surface area contributed by atoms with Gasteiger partial charge in [0, 0.05) is 12.2 Å². The van der Waals surface area contributed by atoms with E-state index in [4.69, 9.17) is 11.0 Å². The standard InChI is InChI=1S/C16H16N6OS/c17-8-4-5-9-24-15-20-13(18)12-14(21-15)22(16(23)19-12)10-11-6-2-1-3-7-11/h1-3,6-7H,4-5,9-10H2,(H,19,23)(H2,18,20,21). The molecule has 2 aromatic heterocycles. The molecule has 0 radical (unpaired) electrons. The Hall–Kier alpha value is -2.79. The van der Waals surface area contributed by atoms with Crippen LogP contribution in [0.25, 0.3) is 11.2 Å². The average molecular weight is 340 g/mol. The molecule has 1 aromatic carbocycles. The highest BCUT2D eigenvalue weighted by Crippen LogP contribution is 2.26. The van der Waals surface area contributed by atoms with Crippen LogP contribution in [0.4, 0.5) is 5.82 Å². The molecule has 24 heavy (non-hydrogen) atoms. The Morgan fingerprint density at radius 2 is 2.00 bits per heavy atom. The first-order valence-corrected chi connectivity index (χ1v) is 8.44. The highest BCUT2D eigenvalue weighted by Gasteiger charge is 2.16. The summed E-state index contributed by atoms with van der Waals surface area (Å²) in [5.41, 5.74) is 7.88. The van der Waals surface area contributed by atoms with Crippen LogP contribution in [-0.4, -0.2) is 30.4 Å². The van der Waals surface area contributed by atoms with Gasteiger partial charge in [0.1, 0.15) is 0 Å². The number of aromatic nitrogens is 4. The number of anilines is 1. The molecule has 0 aliphatic heterocycles. The fraction of sp³-hybridized carbons (Fsp3) is 0.250. The number of fused-ring (bicyclic) bond motifs is 1. The second kappa shape index (κ2) is 7.19. The molecule has 0 amide bonds. The van der Waals surface area contributed by atoms with Crippen molar-refractivity contribution < 1.29 is 5.11 Å². The molecule has 7 nitrogen and oxygen atoms in total. The van der Waals surface area contributed by atoms with Crippen molar-refractivity contribution in [2.45, 2.75) is 24.5 Å². The van der Waals surface area contributed by atoms with Crippen LogP contribution in [0.15, 0.2) is 35.5 Å². The number of unbranched alkanes of at least 4 members (excludes halogenated alkanes) is 1. The van der Waals surface area contributed by atoms with Crippen LogP contribution >= 0.6 is 11.8 Å². The summed E-state index contributed by atoms with van der Waals surface area (Å²) in [6.07, 6.45) is 1.26. The Labute approximate surface area is 143 Å². The van der Waals surface area contributed by atoms with Gasteiger partial charge >= 0.3 is 0 Å². The number of nitriles is 1. The van der Waals surface area contributed by atoms with E-state index in [2.05, 4.69) is 21.0 Å². The van der Waals surface area contributed by atoms with Crippen molar-refractivity contribution in [1.29, 1.82) is 5.26 Å². The number of nitrogens with zero attached hydrogens (tertiary/aromatic N) is 5. The van der Waals surface area contributed by atoms with E-state index in [9.17, 15) is 5.11 Å². The third-order valence-electron chi connectivity index (χ3n) is 3.43. The van der Waals surface area contributed by atoms with Gasteiger partial charge in [-0.05, 0) is 12.0 Å². The molecule has 0 fully saturated rings. The molecule has 0 aliphatic rings. The quantitative estimate of drug-likeness (QED) is 0.402. The number of benzene rings is 1. The van der Waals surface area contributed by atoms with Gasteiger partial charge in [-0.25, -0.2) is 9.97 Å². The molecule has 0 unspecified atom stereocenters. The first-order chi connectivity index (χ1) is 11.7. The lowest BCUT2D eigenvalue weighted by Gasteiger charge is -2.06. The molecule has 3 aromatic rings. The molecule has 3 N–H and O–H groups in total. The first kappa shape index (κ1) is 16.1. The molecule has 0 spiro atoms. The highest BCUT2D eigenvalue weighted by molar-refractivity contribution is 7.99. The van der Waals surface area contributed by atoms with E-state index in [0.29, 0.717) is 29.3 Å². The fourth-order valence-electron chi connectivity index (χ4n) is 2.28. The third-order valence-corrected chi connectivity index (χ3v) is 4.36. The summed E-state index contributed by atoms with van der Waals surface area (Å²) in [7, 11) is 0. The van der Waals surface area contributed by atoms with Gasteiger partial charge < -0.3 is 10.8 Å². The smallest absolute Gasteiger partial charge is 0.296 e. The zero-order chi connectivity index (χ0) is 16.9. The monoisotopic (exact) mass is 340 g/mol. The second-order valence-corrected chi connectivity index (χ2v) is 6.22. The molecular formula is C16H16N6OS. The lowest BCUT2D eigenvalue weighted by atomic mass is 10.2. The van der Waals surface area contributed by atoms with E-state index >= 15 is 0 Å². The number of hydrogen-bond acceptors (Lipinski definition) is 7. The van der Waals surface area contributed by atoms with Crippen molar-refractivity contribution in [3.63, 3.8) is 0 Å². The number of aromatic hydroxyl groups is 1. The summed E-state index contributed by atoms with van der Waals surface area (Å²) >= 11 is 1.44. The van der Waals surface area contributed by atoms with E-state index in [1.54, 1.807) is 4.57 Å². The van der Waals surface area contributed by atoms with Gasteiger partial charge in [-0.2, -0.15) is 10.2 Å². The van der Waals surface area contributed by atoms with Gasteiger partial charge in [-0.3, -0.25) is 4.57 Å². The average Bonchev–Trinajstić information content (AvgIpc) is 2.90. The summed E-state index contributed by atoms with van der Waals surface area (Å²) < 4.78 is 1.61. The van der Waals surface area contributed by atoms with Crippen LogP contribution in [0.1, 0.15) is 18.4 Å². The van der Waals surface area contributed by atoms with Crippen LogP contribution < -0.4 is 5.73 Å². The van der Waals surface area contributed by atoms with Crippen molar-refractivity contribution in [1.82, 2.24) is 19.5 Å². The minimum Gasteiger partial charge on any atom is -0.480 e. The van der Waals surface area contributed by atoms with Gasteiger partial charge in [0.15, 0.2) is 22.1 Å². The molecule has 3 rings (SSSR count). The molecule has 2 heterocycles. The minimum absolute atomic E-state index is 0.138. The SMILES string of the molecule is N#CCCCSc1nc(N)c2nc(O)n(Cc3ccccc3)c2n1. The summed E-state index contributed by atoms with van der Waals surface area (Å²) in [5, 5.41) is 19.2. The Kier molecular flexibility index (Phi) is 4.82. The first-order valence-electron chi connectivity index (χ1n) is 7.45. The fourth-order valence-corrected chi connectivity index (χ4v) is 3.07. The van der Waals surface area contributed by atoms with Crippen LogP contribution in [0.2, 0.25) is 0 Å². The number of nitrogen functional groups attached to an aromatic ring is 1. The van der Waals surface area contributed by atoms with Gasteiger partial charge in [-0.15, -0.1) is 0 Å². The van der Waals surface area contributed by atoms with Crippen LogP contribution in [0, 0.1) is 11.3 Å². The minimum atomic E-state index is -0.138. The summed E-state index contributed by atoms with van der Waals surface area (Å²) in [6, 6.07) is 11.7. The highest BCUT2D eigenvalue weighted by atomic mass is 32.2. The van der Waals surface area contributed by atoms with Crippen molar-refractivity contribution >= 4 is 28.7 Å². The Morgan fingerprint density at radius 1 is 1.21 bits per heavy atom. The topological polar surface area (TPSA) is 114 Å². The van der Waals surface area contributed by atoms with Gasteiger partial charge in [-0.1, -0.05) is 42.1 Å². The number of hydrogen-bond donors (Lipinski definition) is 2. The predicted octanol–water partition coefficient (Wildman–Crippen LogP) is 2.56. The number of nitrogens with two attached hydrogens (primary N) is 1.